The number of aromatic nitrogens is 2. The number of nitrogens with one attached hydrogen (secondary N) is 1. The molecule has 5 heteroatoms. The molecule has 0 saturated carbocycles. The van der Waals surface area contributed by atoms with E-state index in [2.05, 4.69) is 20.9 Å². The van der Waals surface area contributed by atoms with Gasteiger partial charge in [0.2, 0.25) is 0 Å². The van der Waals surface area contributed by atoms with Gasteiger partial charge in [0.05, 0.1) is 6.33 Å². The fourth-order valence-electron chi connectivity index (χ4n) is 3.65. The predicted octanol–water partition coefficient (Wildman–Crippen LogP) is 4.16. The van der Waals surface area contributed by atoms with Crippen molar-refractivity contribution in [1.82, 2.24) is 14.9 Å². The van der Waals surface area contributed by atoms with E-state index in [1.165, 1.54) is 0 Å². The molecule has 4 aromatic rings. The summed E-state index contributed by atoms with van der Waals surface area (Å²) in [6.45, 7) is 1.26. The van der Waals surface area contributed by atoms with Gasteiger partial charge in [-0.15, -0.1) is 0 Å². The molecule has 2 heterocycles. The molecule has 5 nitrogen and oxygen atoms in total. The molecule has 1 aromatic heterocycles. The van der Waals surface area contributed by atoms with Crippen LogP contribution >= 0.6 is 0 Å². The highest BCUT2D eigenvalue weighted by molar-refractivity contribution is 6.07. The van der Waals surface area contributed by atoms with Crippen LogP contribution in [0.25, 0.3) is 10.8 Å². The molecule has 138 valence electrons. The van der Waals surface area contributed by atoms with Crippen molar-refractivity contribution in [2.24, 2.45) is 0 Å². The van der Waals surface area contributed by atoms with Crippen LogP contribution in [0.2, 0.25) is 0 Å². The van der Waals surface area contributed by atoms with Crippen LogP contribution in [0.1, 0.15) is 21.6 Å². The van der Waals surface area contributed by atoms with Crippen molar-refractivity contribution in [1.29, 1.82) is 0 Å². The Hall–Kier alpha value is -3.60. The molecule has 0 atom stereocenters. The van der Waals surface area contributed by atoms with Crippen LogP contribution in [0, 0.1) is 0 Å². The van der Waals surface area contributed by atoms with Gasteiger partial charge >= 0.3 is 0 Å². The lowest BCUT2D eigenvalue weighted by molar-refractivity contribution is 0.0955. The average molecular weight is 369 g/mol. The quantitative estimate of drug-likeness (QED) is 0.506. The molecule has 5 rings (SSSR count). The van der Waals surface area contributed by atoms with Crippen LogP contribution < -0.4 is 10.1 Å². The summed E-state index contributed by atoms with van der Waals surface area (Å²) in [6.07, 6.45) is 4.40. The number of carbonyl (C=O) groups is 1. The van der Waals surface area contributed by atoms with Crippen LogP contribution in [0.4, 0.5) is 0 Å². The zero-order valence-corrected chi connectivity index (χ0v) is 15.3. The van der Waals surface area contributed by atoms with E-state index < -0.39 is 0 Å². The van der Waals surface area contributed by atoms with Gasteiger partial charge in [-0.3, -0.25) is 4.79 Å². The number of hydrogen-bond acceptors (Lipinski definition) is 3. The summed E-state index contributed by atoms with van der Waals surface area (Å²) in [5, 5.41) is 4.93. The van der Waals surface area contributed by atoms with Crippen molar-refractivity contribution < 1.29 is 9.53 Å². The Morgan fingerprint density at radius 3 is 2.86 bits per heavy atom. The van der Waals surface area contributed by atoms with Gasteiger partial charge in [0.15, 0.2) is 0 Å². The average Bonchev–Trinajstić information content (AvgIpc) is 3.14. The second kappa shape index (κ2) is 6.85. The maximum Gasteiger partial charge on any atom is 0.251 e. The SMILES string of the molecule is O=C1NCCc2cncn2Cc2cccc(c2)Oc2ccc3cccc1c3c2. The van der Waals surface area contributed by atoms with E-state index in [-0.39, 0.29) is 5.91 Å². The molecule has 1 aliphatic rings. The minimum atomic E-state index is -0.0794. The van der Waals surface area contributed by atoms with Gasteiger partial charge in [0, 0.05) is 37.0 Å². The number of carbonyl (C=O) groups excluding carboxylic acids is 1. The summed E-state index contributed by atoms with van der Waals surface area (Å²) in [4.78, 5) is 17.1. The Kier molecular flexibility index (Phi) is 4.05. The molecule has 4 bridgehead atoms. The number of amides is 1. The number of rotatable bonds is 0. The van der Waals surface area contributed by atoms with Crippen molar-refractivity contribution in [3.8, 4) is 11.5 Å². The lowest BCUT2D eigenvalue weighted by Gasteiger charge is -2.11. The maximum absolute atomic E-state index is 12.8. The second-order valence-corrected chi connectivity index (χ2v) is 6.96. The number of fused-ring (bicyclic) bond motifs is 4. The number of imidazole rings is 1. The fourth-order valence-corrected chi connectivity index (χ4v) is 3.65. The van der Waals surface area contributed by atoms with Crippen LogP contribution in [0.15, 0.2) is 73.2 Å². The highest BCUT2D eigenvalue weighted by Gasteiger charge is 2.12. The minimum Gasteiger partial charge on any atom is -0.457 e. The summed E-state index contributed by atoms with van der Waals surface area (Å²) in [5.41, 5.74) is 2.87. The molecule has 0 spiro atoms. The van der Waals surface area contributed by atoms with Gasteiger partial charge in [-0.25, -0.2) is 4.98 Å². The Morgan fingerprint density at radius 2 is 1.89 bits per heavy atom. The van der Waals surface area contributed by atoms with Gasteiger partial charge in [0.25, 0.3) is 5.91 Å². The summed E-state index contributed by atoms with van der Waals surface area (Å²) in [7, 11) is 0. The minimum absolute atomic E-state index is 0.0794. The number of hydrogen-bond donors (Lipinski definition) is 1. The molecule has 3 aromatic carbocycles. The fraction of sp³-hybridized carbons (Fsp3) is 0.130. The summed E-state index contributed by atoms with van der Waals surface area (Å²) < 4.78 is 8.21. The first kappa shape index (κ1) is 16.6. The third-order valence-electron chi connectivity index (χ3n) is 5.05. The lowest BCUT2D eigenvalue weighted by atomic mass is 10.0. The largest absolute Gasteiger partial charge is 0.457 e. The molecule has 1 amide bonds. The molecule has 0 aliphatic carbocycles. The standard InChI is InChI=1S/C23H19N3O2/c27-23-21-6-2-4-17-7-8-20(12-22(17)21)28-19-5-1-3-16(11-19)14-26-15-24-13-18(26)9-10-25-23/h1-8,11-13,15H,9-10,14H2,(H,25,27). The van der Waals surface area contributed by atoms with Gasteiger partial charge in [-0.05, 0) is 46.7 Å². The monoisotopic (exact) mass is 369 g/mol. The molecular formula is C23H19N3O2. The van der Waals surface area contributed by atoms with Gasteiger partial charge in [-0.2, -0.15) is 0 Å². The molecule has 0 unspecified atom stereocenters. The molecule has 0 saturated heterocycles. The van der Waals surface area contributed by atoms with Gasteiger partial charge in [-0.1, -0.05) is 30.3 Å². The van der Waals surface area contributed by atoms with Crippen molar-refractivity contribution in [3.05, 3.63) is 90.0 Å². The molecular weight excluding hydrogens is 350 g/mol. The van der Waals surface area contributed by atoms with Gasteiger partial charge < -0.3 is 14.6 Å². The van der Waals surface area contributed by atoms with Crippen LogP contribution in [0.5, 0.6) is 11.5 Å². The van der Waals surface area contributed by atoms with E-state index in [9.17, 15) is 4.79 Å². The van der Waals surface area contributed by atoms with E-state index >= 15 is 0 Å². The third kappa shape index (κ3) is 3.11. The Morgan fingerprint density at radius 1 is 1.00 bits per heavy atom. The van der Waals surface area contributed by atoms with Crippen molar-refractivity contribution in [2.45, 2.75) is 13.0 Å². The Labute approximate surface area is 162 Å². The highest BCUT2D eigenvalue weighted by Crippen LogP contribution is 2.28. The highest BCUT2D eigenvalue weighted by atomic mass is 16.5. The third-order valence-corrected chi connectivity index (χ3v) is 5.05. The first-order valence-electron chi connectivity index (χ1n) is 9.33. The van der Waals surface area contributed by atoms with Crippen molar-refractivity contribution in [2.75, 3.05) is 6.54 Å². The summed E-state index contributed by atoms with van der Waals surface area (Å²) >= 11 is 0. The van der Waals surface area contributed by atoms with E-state index in [0.717, 1.165) is 34.2 Å². The first-order valence-corrected chi connectivity index (χ1v) is 9.33. The molecule has 0 fully saturated rings. The van der Waals surface area contributed by atoms with E-state index in [4.69, 9.17) is 4.74 Å². The Balaban J connectivity index is 1.62. The molecule has 1 N–H and O–H groups in total. The predicted molar refractivity (Wildman–Crippen MR) is 108 cm³/mol. The van der Waals surface area contributed by atoms with E-state index in [0.29, 0.717) is 24.4 Å². The second-order valence-electron chi connectivity index (χ2n) is 6.96. The smallest absolute Gasteiger partial charge is 0.251 e. The summed E-state index contributed by atoms with van der Waals surface area (Å²) in [5.74, 6) is 1.41. The normalized spacial score (nSPS) is 13.9. The Bertz CT molecular complexity index is 1180. The lowest BCUT2D eigenvalue weighted by Crippen LogP contribution is -2.26. The zero-order valence-electron chi connectivity index (χ0n) is 15.3. The number of benzene rings is 3. The van der Waals surface area contributed by atoms with Crippen molar-refractivity contribution >= 4 is 16.7 Å². The van der Waals surface area contributed by atoms with Crippen molar-refractivity contribution in [3.63, 3.8) is 0 Å². The first-order chi connectivity index (χ1) is 13.8. The maximum atomic E-state index is 12.8. The van der Waals surface area contributed by atoms with E-state index in [1.54, 1.807) is 0 Å². The van der Waals surface area contributed by atoms with Gasteiger partial charge in [0.1, 0.15) is 11.5 Å². The molecule has 0 radical (unpaired) electrons. The topological polar surface area (TPSA) is 56.2 Å². The summed E-state index contributed by atoms with van der Waals surface area (Å²) in [6, 6.07) is 19.7. The number of nitrogens with zero attached hydrogens (tertiary/aromatic N) is 2. The zero-order chi connectivity index (χ0) is 18.9. The van der Waals surface area contributed by atoms with Crippen LogP contribution in [-0.2, 0) is 13.0 Å². The number of ether oxygens (including phenoxy) is 1. The molecule has 1 aliphatic heterocycles. The van der Waals surface area contributed by atoms with Crippen LogP contribution in [0.3, 0.4) is 0 Å². The molecule has 28 heavy (non-hydrogen) atoms. The van der Waals surface area contributed by atoms with E-state index in [1.807, 2.05) is 67.1 Å². The van der Waals surface area contributed by atoms with Crippen LogP contribution in [-0.4, -0.2) is 22.0 Å².